The predicted molar refractivity (Wildman–Crippen MR) is 121 cm³/mol. The number of aromatic nitrogens is 3. The first-order valence-electron chi connectivity index (χ1n) is 11.0. The first-order chi connectivity index (χ1) is 15.0. The summed E-state index contributed by atoms with van der Waals surface area (Å²) in [5.41, 5.74) is 7.69. The zero-order chi connectivity index (χ0) is 22.0. The van der Waals surface area contributed by atoms with Gasteiger partial charge in [-0.15, -0.1) is 0 Å². The maximum atomic E-state index is 12.7. The maximum absolute atomic E-state index is 12.7. The van der Waals surface area contributed by atoms with E-state index >= 15 is 0 Å². The van der Waals surface area contributed by atoms with Crippen molar-refractivity contribution in [3.8, 4) is 11.4 Å². The second-order valence-electron chi connectivity index (χ2n) is 8.23. The van der Waals surface area contributed by atoms with E-state index in [1.807, 2.05) is 36.9 Å². The highest BCUT2D eigenvalue weighted by atomic mass is 16.5. The van der Waals surface area contributed by atoms with Gasteiger partial charge in [0.15, 0.2) is 6.61 Å². The van der Waals surface area contributed by atoms with Gasteiger partial charge in [0, 0.05) is 17.0 Å². The highest BCUT2D eigenvalue weighted by Gasteiger charge is 2.26. The van der Waals surface area contributed by atoms with Crippen molar-refractivity contribution in [1.82, 2.24) is 20.1 Å². The van der Waals surface area contributed by atoms with Gasteiger partial charge >= 0.3 is 0 Å². The standard InChI is InChI=1S/C25H30N4O2/c1-5-20-24(13-12-17(3)27-20)31-15-25(30)28-21-9-7-11-23-19(21)14-26-29(23)22-10-6-8-16(2)18(22)4/h6,8,10,12-14,21H,5,7,9,11,15H2,1-4H3,(H,28,30)/t21-/m1/s1. The van der Waals surface area contributed by atoms with Crippen molar-refractivity contribution < 1.29 is 9.53 Å². The molecule has 0 fully saturated rings. The molecule has 31 heavy (non-hydrogen) atoms. The number of hydrogen-bond acceptors (Lipinski definition) is 4. The maximum Gasteiger partial charge on any atom is 0.258 e. The van der Waals surface area contributed by atoms with Crippen molar-refractivity contribution >= 4 is 5.91 Å². The number of pyridine rings is 1. The van der Waals surface area contributed by atoms with E-state index in [1.54, 1.807) is 0 Å². The van der Waals surface area contributed by atoms with Crippen LogP contribution >= 0.6 is 0 Å². The lowest BCUT2D eigenvalue weighted by molar-refractivity contribution is -0.124. The number of nitrogens with zero attached hydrogens (tertiary/aromatic N) is 3. The molecule has 1 aromatic carbocycles. The minimum atomic E-state index is -0.125. The molecule has 4 rings (SSSR count). The van der Waals surface area contributed by atoms with Crippen molar-refractivity contribution in [2.24, 2.45) is 0 Å². The van der Waals surface area contributed by atoms with Gasteiger partial charge < -0.3 is 10.1 Å². The number of benzene rings is 1. The number of rotatable bonds is 6. The Hall–Kier alpha value is -3.15. The molecule has 1 aliphatic rings. The lowest BCUT2D eigenvalue weighted by Crippen LogP contribution is -2.34. The molecule has 2 heterocycles. The van der Waals surface area contributed by atoms with Crippen molar-refractivity contribution in [3.63, 3.8) is 0 Å². The van der Waals surface area contributed by atoms with Crippen LogP contribution in [0.25, 0.3) is 5.69 Å². The van der Waals surface area contributed by atoms with Gasteiger partial charge in [0.2, 0.25) is 0 Å². The summed E-state index contributed by atoms with van der Waals surface area (Å²) in [6.07, 6.45) is 5.55. The van der Waals surface area contributed by atoms with Gasteiger partial charge in [0.25, 0.3) is 5.91 Å². The van der Waals surface area contributed by atoms with Crippen molar-refractivity contribution in [2.45, 2.75) is 59.4 Å². The van der Waals surface area contributed by atoms with Crippen LogP contribution in [0, 0.1) is 20.8 Å². The molecule has 0 spiro atoms. The van der Waals surface area contributed by atoms with Crippen LogP contribution in [0.1, 0.15) is 59.6 Å². The number of aryl methyl sites for hydroxylation is 3. The van der Waals surface area contributed by atoms with Gasteiger partial charge in [-0.25, -0.2) is 4.68 Å². The van der Waals surface area contributed by atoms with Gasteiger partial charge in [-0.2, -0.15) is 5.10 Å². The molecule has 3 aromatic rings. The van der Waals surface area contributed by atoms with Crippen LogP contribution in [0.5, 0.6) is 5.75 Å². The molecule has 1 N–H and O–H groups in total. The van der Waals surface area contributed by atoms with Crippen LogP contribution < -0.4 is 10.1 Å². The summed E-state index contributed by atoms with van der Waals surface area (Å²) in [6.45, 7) is 8.21. The minimum absolute atomic E-state index is 0.0191. The van der Waals surface area contributed by atoms with E-state index in [-0.39, 0.29) is 18.6 Å². The fraction of sp³-hybridized carbons (Fsp3) is 0.400. The highest BCUT2D eigenvalue weighted by Crippen LogP contribution is 2.32. The van der Waals surface area contributed by atoms with E-state index in [0.717, 1.165) is 48.3 Å². The van der Waals surface area contributed by atoms with E-state index in [0.29, 0.717) is 5.75 Å². The predicted octanol–water partition coefficient (Wildman–Crippen LogP) is 4.33. The second kappa shape index (κ2) is 8.92. The second-order valence-corrected chi connectivity index (χ2v) is 8.23. The number of carbonyl (C=O) groups is 1. The van der Waals surface area contributed by atoms with Crippen LogP contribution in [-0.2, 0) is 17.6 Å². The number of amides is 1. The molecule has 1 aliphatic carbocycles. The molecular weight excluding hydrogens is 388 g/mol. The molecule has 2 aromatic heterocycles. The van der Waals surface area contributed by atoms with E-state index in [1.165, 1.54) is 16.8 Å². The third-order valence-electron chi connectivity index (χ3n) is 6.09. The molecule has 0 bridgehead atoms. The third kappa shape index (κ3) is 4.33. The summed E-state index contributed by atoms with van der Waals surface area (Å²) in [7, 11) is 0. The molecule has 0 saturated heterocycles. The Kier molecular flexibility index (Phi) is 6.07. The fourth-order valence-electron chi connectivity index (χ4n) is 4.24. The molecule has 1 amide bonds. The van der Waals surface area contributed by atoms with Crippen LogP contribution in [0.4, 0.5) is 0 Å². The van der Waals surface area contributed by atoms with Gasteiger partial charge in [-0.3, -0.25) is 9.78 Å². The lowest BCUT2D eigenvalue weighted by atomic mass is 9.92. The fourth-order valence-corrected chi connectivity index (χ4v) is 4.24. The first kappa shape index (κ1) is 21.1. The average Bonchev–Trinajstić information content (AvgIpc) is 3.19. The molecule has 0 unspecified atom stereocenters. The largest absolute Gasteiger partial charge is 0.482 e. The van der Waals surface area contributed by atoms with Gasteiger partial charge in [0.1, 0.15) is 5.75 Å². The zero-order valence-electron chi connectivity index (χ0n) is 18.7. The Morgan fingerprint density at radius 3 is 2.87 bits per heavy atom. The zero-order valence-corrected chi connectivity index (χ0v) is 18.7. The molecule has 0 saturated carbocycles. The van der Waals surface area contributed by atoms with E-state index < -0.39 is 0 Å². The molecule has 1 atom stereocenters. The van der Waals surface area contributed by atoms with E-state index in [9.17, 15) is 4.79 Å². The monoisotopic (exact) mass is 418 g/mol. The number of carbonyl (C=O) groups excluding carboxylic acids is 1. The number of fused-ring (bicyclic) bond motifs is 1. The van der Waals surface area contributed by atoms with Crippen LogP contribution in [0.15, 0.2) is 36.5 Å². The Bertz CT molecular complexity index is 1100. The SMILES string of the molecule is CCc1nc(C)ccc1OCC(=O)N[C@@H]1CCCc2c1cnn2-c1cccc(C)c1C. The molecular formula is C25H30N4O2. The van der Waals surface area contributed by atoms with Crippen LogP contribution in [0.2, 0.25) is 0 Å². The smallest absolute Gasteiger partial charge is 0.258 e. The van der Waals surface area contributed by atoms with Gasteiger partial charge in [-0.1, -0.05) is 19.1 Å². The number of ether oxygens (including phenoxy) is 1. The first-order valence-corrected chi connectivity index (χ1v) is 11.0. The van der Waals surface area contributed by atoms with Crippen LogP contribution in [0.3, 0.4) is 0 Å². The summed E-state index contributed by atoms with van der Waals surface area (Å²) in [4.78, 5) is 17.1. The Morgan fingerprint density at radius 1 is 1.23 bits per heavy atom. The number of hydrogen-bond donors (Lipinski definition) is 1. The summed E-state index contributed by atoms with van der Waals surface area (Å²) in [5, 5.41) is 7.83. The average molecular weight is 419 g/mol. The van der Waals surface area contributed by atoms with E-state index in [4.69, 9.17) is 4.74 Å². The quantitative estimate of drug-likeness (QED) is 0.647. The molecule has 162 valence electrons. The van der Waals surface area contributed by atoms with E-state index in [2.05, 4.69) is 47.4 Å². The molecule has 6 nitrogen and oxygen atoms in total. The van der Waals surface area contributed by atoms with Gasteiger partial charge in [-0.05, 0) is 75.8 Å². The summed E-state index contributed by atoms with van der Waals surface area (Å²) < 4.78 is 7.82. The normalized spacial score (nSPS) is 15.4. The highest BCUT2D eigenvalue weighted by molar-refractivity contribution is 5.78. The molecule has 0 aliphatic heterocycles. The Labute approximate surface area is 183 Å². The third-order valence-corrected chi connectivity index (χ3v) is 6.09. The number of nitrogens with one attached hydrogen (secondary N) is 1. The van der Waals surface area contributed by atoms with Gasteiger partial charge in [0.05, 0.1) is 23.6 Å². The summed E-state index contributed by atoms with van der Waals surface area (Å²) in [5.74, 6) is 0.551. The summed E-state index contributed by atoms with van der Waals surface area (Å²) >= 11 is 0. The lowest BCUT2D eigenvalue weighted by Gasteiger charge is -2.24. The van der Waals surface area contributed by atoms with Crippen molar-refractivity contribution in [3.05, 3.63) is 70.3 Å². The topological polar surface area (TPSA) is 69.0 Å². The minimum Gasteiger partial charge on any atom is -0.482 e. The molecule has 6 heteroatoms. The molecule has 0 radical (unpaired) electrons. The Balaban J connectivity index is 1.47. The summed E-state index contributed by atoms with van der Waals surface area (Å²) in [6, 6.07) is 10.0. The Morgan fingerprint density at radius 2 is 2.06 bits per heavy atom. The van der Waals surface area contributed by atoms with Crippen LogP contribution in [-0.4, -0.2) is 27.3 Å². The van der Waals surface area contributed by atoms with Crippen molar-refractivity contribution in [2.75, 3.05) is 6.61 Å². The van der Waals surface area contributed by atoms with Crippen molar-refractivity contribution in [1.29, 1.82) is 0 Å².